The molecule has 0 heterocycles. The summed E-state index contributed by atoms with van der Waals surface area (Å²) in [6.45, 7) is 0. The summed E-state index contributed by atoms with van der Waals surface area (Å²) in [4.78, 5) is 21.8. The van der Waals surface area contributed by atoms with E-state index < -0.39 is 19.5 Å². The van der Waals surface area contributed by atoms with Crippen LogP contribution < -0.4 is 5.09 Å². The van der Waals surface area contributed by atoms with Gasteiger partial charge in [0.1, 0.15) is 6.04 Å². The number of nitrogens with one attached hydrogen (secondary N) is 1. The van der Waals surface area contributed by atoms with Gasteiger partial charge in [0.25, 0.3) is 7.52 Å². The van der Waals surface area contributed by atoms with E-state index in [4.69, 9.17) is 0 Å². The summed E-state index contributed by atoms with van der Waals surface area (Å²) < 4.78 is 12.6. The molecule has 0 radical (unpaired) electrons. The maximum Gasteiger partial charge on any atom is 0.325 e. The van der Waals surface area contributed by atoms with Gasteiger partial charge in [0.15, 0.2) is 0 Å². The molecule has 0 aliphatic carbocycles. The Hall–Kier alpha value is -2.46. The standard InChI is InChI=1S/C20H20NO4P/c22-20(23)19(17-8-2-1-3-9-17)21-26(24,25)14-13-16-11-6-10-15-7-4-5-12-18(15)16/h1-12,19H,13-14H2,(H,22,23)(H2,21,24,25). The minimum absolute atomic E-state index is 0.0440. The molecular weight excluding hydrogens is 349 g/mol. The third-order valence-electron chi connectivity index (χ3n) is 4.27. The van der Waals surface area contributed by atoms with Crippen molar-refractivity contribution in [1.29, 1.82) is 0 Å². The van der Waals surface area contributed by atoms with Crippen LogP contribution in [0.2, 0.25) is 0 Å². The Kier molecular flexibility index (Phi) is 5.52. The van der Waals surface area contributed by atoms with Gasteiger partial charge in [0.2, 0.25) is 0 Å². The van der Waals surface area contributed by atoms with E-state index in [1.165, 1.54) is 0 Å². The molecule has 0 amide bonds. The first-order chi connectivity index (χ1) is 12.5. The van der Waals surface area contributed by atoms with E-state index in [9.17, 15) is 19.4 Å². The van der Waals surface area contributed by atoms with Gasteiger partial charge < -0.3 is 10.00 Å². The number of rotatable bonds is 7. The molecular formula is C20H20NO4P. The van der Waals surface area contributed by atoms with Crippen molar-refractivity contribution in [2.24, 2.45) is 0 Å². The summed E-state index contributed by atoms with van der Waals surface area (Å²) in [6, 6.07) is 20.9. The van der Waals surface area contributed by atoms with Crippen molar-refractivity contribution < 1.29 is 19.4 Å². The number of carboxylic acid groups (broad SMARTS) is 1. The van der Waals surface area contributed by atoms with Crippen molar-refractivity contribution in [3.05, 3.63) is 83.9 Å². The Morgan fingerprint density at radius 3 is 2.35 bits per heavy atom. The van der Waals surface area contributed by atoms with Crippen LogP contribution in [0.3, 0.4) is 0 Å². The Morgan fingerprint density at radius 1 is 0.962 bits per heavy atom. The van der Waals surface area contributed by atoms with Gasteiger partial charge in [-0.2, -0.15) is 0 Å². The lowest BCUT2D eigenvalue weighted by atomic mass is 10.0. The first-order valence-corrected chi connectivity index (χ1v) is 10.1. The number of fused-ring (bicyclic) bond motifs is 1. The average Bonchev–Trinajstić information content (AvgIpc) is 2.65. The highest BCUT2D eigenvalue weighted by Gasteiger charge is 2.28. The van der Waals surface area contributed by atoms with Gasteiger partial charge in [-0.25, -0.2) is 5.09 Å². The van der Waals surface area contributed by atoms with E-state index in [2.05, 4.69) is 5.09 Å². The summed E-state index contributed by atoms with van der Waals surface area (Å²) >= 11 is 0. The largest absolute Gasteiger partial charge is 0.480 e. The van der Waals surface area contributed by atoms with Crippen LogP contribution in [0.15, 0.2) is 72.8 Å². The van der Waals surface area contributed by atoms with E-state index >= 15 is 0 Å². The topological polar surface area (TPSA) is 86.6 Å². The molecule has 5 nitrogen and oxygen atoms in total. The number of carbonyl (C=O) groups is 1. The molecule has 6 heteroatoms. The van der Waals surface area contributed by atoms with Crippen LogP contribution in [0.4, 0.5) is 0 Å². The second-order valence-corrected chi connectivity index (χ2v) is 8.23. The number of hydrogen-bond acceptors (Lipinski definition) is 2. The summed E-state index contributed by atoms with van der Waals surface area (Å²) in [6.07, 6.45) is 0.334. The Labute approximate surface area is 151 Å². The Bertz CT molecular complexity index is 953. The Morgan fingerprint density at radius 2 is 1.62 bits per heavy atom. The van der Waals surface area contributed by atoms with Crippen molar-refractivity contribution in [3.63, 3.8) is 0 Å². The maximum absolute atomic E-state index is 12.6. The van der Waals surface area contributed by atoms with Gasteiger partial charge in [-0.1, -0.05) is 72.8 Å². The highest BCUT2D eigenvalue weighted by atomic mass is 31.2. The van der Waals surface area contributed by atoms with Crippen molar-refractivity contribution in [2.45, 2.75) is 12.5 Å². The molecule has 3 aromatic carbocycles. The van der Waals surface area contributed by atoms with Crippen molar-refractivity contribution >= 4 is 24.3 Å². The Balaban J connectivity index is 1.76. The zero-order valence-corrected chi connectivity index (χ0v) is 15.0. The van der Waals surface area contributed by atoms with Gasteiger partial charge in [0, 0.05) is 6.16 Å². The molecule has 3 N–H and O–H groups in total. The van der Waals surface area contributed by atoms with Crippen molar-refractivity contribution in [1.82, 2.24) is 5.09 Å². The lowest BCUT2D eigenvalue weighted by Crippen LogP contribution is -2.27. The van der Waals surface area contributed by atoms with E-state index in [0.717, 1.165) is 16.3 Å². The predicted molar refractivity (Wildman–Crippen MR) is 102 cm³/mol. The maximum atomic E-state index is 12.6. The smallest absolute Gasteiger partial charge is 0.325 e. The van der Waals surface area contributed by atoms with Crippen LogP contribution in [0.1, 0.15) is 17.2 Å². The van der Waals surface area contributed by atoms with Crippen molar-refractivity contribution in [3.8, 4) is 0 Å². The molecule has 0 bridgehead atoms. The number of benzene rings is 3. The highest BCUT2D eigenvalue weighted by Crippen LogP contribution is 2.40. The molecule has 3 aromatic rings. The van der Waals surface area contributed by atoms with Crippen LogP contribution in [-0.4, -0.2) is 22.1 Å². The van der Waals surface area contributed by atoms with Gasteiger partial charge in [-0.15, -0.1) is 0 Å². The number of hydrogen-bond donors (Lipinski definition) is 3. The van der Waals surface area contributed by atoms with Gasteiger partial charge >= 0.3 is 5.97 Å². The van der Waals surface area contributed by atoms with Gasteiger partial charge in [0.05, 0.1) is 0 Å². The monoisotopic (exact) mass is 369 g/mol. The first-order valence-electron chi connectivity index (χ1n) is 8.30. The highest BCUT2D eigenvalue weighted by molar-refractivity contribution is 7.55. The molecule has 0 aliphatic heterocycles. The lowest BCUT2D eigenvalue weighted by molar-refractivity contribution is -0.139. The lowest BCUT2D eigenvalue weighted by Gasteiger charge is -2.20. The minimum Gasteiger partial charge on any atom is -0.480 e. The second kappa shape index (κ2) is 7.83. The minimum atomic E-state index is -3.84. The second-order valence-electron chi connectivity index (χ2n) is 6.12. The summed E-state index contributed by atoms with van der Waals surface area (Å²) in [5, 5.41) is 14.0. The molecule has 134 valence electrons. The molecule has 0 spiro atoms. The molecule has 26 heavy (non-hydrogen) atoms. The van der Waals surface area contributed by atoms with Crippen LogP contribution >= 0.6 is 7.52 Å². The molecule has 2 atom stereocenters. The first kappa shape index (κ1) is 18.3. The van der Waals surface area contributed by atoms with Crippen LogP contribution in [0.25, 0.3) is 10.8 Å². The fourth-order valence-corrected chi connectivity index (χ4v) is 4.30. The van der Waals surface area contributed by atoms with E-state index in [-0.39, 0.29) is 6.16 Å². The molecule has 0 aliphatic rings. The molecule has 0 saturated carbocycles. The van der Waals surface area contributed by atoms with E-state index in [1.807, 2.05) is 42.5 Å². The van der Waals surface area contributed by atoms with E-state index in [0.29, 0.717) is 12.0 Å². The SMILES string of the molecule is O=C(O)C(NP(=O)(O)CCc1cccc2ccccc12)c1ccccc1. The number of aliphatic carboxylic acids is 1. The fourth-order valence-electron chi connectivity index (χ4n) is 2.97. The van der Waals surface area contributed by atoms with Crippen LogP contribution in [-0.2, 0) is 15.8 Å². The van der Waals surface area contributed by atoms with E-state index in [1.54, 1.807) is 30.3 Å². The predicted octanol–water partition coefficient (Wildman–Crippen LogP) is 3.98. The van der Waals surface area contributed by atoms with Crippen LogP contribution in [0.5, 0.6) is 0 Å². The third kappa shape index (κ3) is 4.38. The summed E-state index contributed by atoms with van der Waals surface area (Å²) in [7, 11) is -3.84. The third-order valence-corrected chi connectivity index (χ3v) is 5.77. The fraction of sp³-hybridized carbons (Fsp3) is 0.150. The van der Waals surface area contributed by atoms with Gasteiger partial charge in [-0.05, 0) is 28.3 Å². The molecule has 3 rings (SSSR count). The van der Waals surface area contributed by atoms with Gasteiger partial charge in [-0.3, -0.25) is 9.36 Å². The van der Waals surface area contributed by atoms with Crippen LogP contribution in [0, 0.1) is 0 Å². The number of carboxylic acids is 1. The molecule has 0 saturated heterocycles. The zero-order chi connectivity index (χ0) is 18.6. The zero-order valence-electron chi connectivity index (χ0n) is 14.1. The summed E-state index contributed by atoms with van der Waals surface area (Å²) in [5.74, 6) is -1.18. The molecule has 2 unspecified atom stereocenters. The summed E-state index contributed by atoms with van der Waals surface area (Å²) in [5.41, 5.74) is 1.41. The normalized spacial score (nSPS) is 14.7. The molecule has 0 fully saturated rings. The average molecular weight is 369 g/mol. The number of aryl methyl sites for hydroxylation is 1. The van der Waals surface area contributed by atoms with Crippen molar-refractivity contribution in [2.75, 3.05) is 6.16 Å². The molecule has 0 aromatic heterocycles. The quantitative estimate of drug-likeness (QED) is 0.549.